The topological polar surface area (TPSA) is 44.2 Å². The van der Waals surface area contributed by atoms with E-state index in [9.17, 15) is 4.79 Å². The number of carbonyl (C=O) groups excluding carboxylic acids is 1. The Kier molecular flexibility index (Phi) is 5.69. The quantitative estimate of drug-likeness (QED) is 0.820. The first-order valence-corrected chi connectivity index (χ1v) is 6.70. The van der Waals surface area contributed by atoms with Gasteiger partial charge >= 0.3 is 0 Å². The number of halogens is 2. The summed E-state index contributed by atoms with van der Waals surface area (Å²) in [6.45, 7) is 1.10. The second kappa shape index (κ2) is 6.56. The van der Waals surface area contributed by atoms with Crippen LogP contribution in [-0.4, -0.2) is 34.7 Å². The van der Waals surface area contributed by atoms with Gasteiger partial charge in [-0.15, -0.1) is 17.0 Å². The van der Waals surface area contributed by atoms with E-state index < -0.39 is 0 Å². The number of hydrogen-bond acceptors (Lipinski definition) is 3. The van der Waals surface area contributed by atoms with E-state index in [1.807, 2.05) is 23.1 Å². The summed E-state index contributed by atoms with van der Waals surface area (Å²) >= 11 is 4.84. The van der Waals surface area contributed by atoms with E-state index in [1.54, 1.807) is 6.07 Å². The van der Waals surface area contributed by atoms with Crippen molar-refractivity contribution in [1.82, 2.24) is 4.90 Å². The van der Waals surface area contributed by atoms with E-state index in [-0.39, 0.29) is 22.8 Å². The summed E-state index contributed by atoms with van der Waals surface area (Å²) < 4.78 is 0.907. The molecule has 1 heterocycles. The van der Waals surface area contributed by atoms with Crippen LogP contribution in [-0.2, 0) is 0 Å². The molecule has 6 heteroatoms. The van der Waals surface area contributed by atoms with Crippen LogP contribution in [0.3, 0.4) is 0 Å². The summed E-state index contributed by atoms with van der Waals surface area (Å²) in [4.78, 5) is 13.7. The molecule has 92 valence electrons. The Balaban J connectivity index is 0.00000144. The predicted molar refractivity (Wildman–Crippen MR) is 80.6 cm³/mol. The number of carbonyl (C=O) groups is 1. The van der Waals surface area contributed by atoms with Crippen LogP contribution in [0.5, 0.6) is 0 Å². The molecule has 0 bridgehead atoms. The van der Waals surface area contributed by atoms with Gasteiger partial charge in [0.15, 0.2) is 11.0 Å². The summed E-state index contributed by atoms with van der Waals surface area (Å²) in [5.41, 5.74) is 0.694. The Morgan fingerprint density at radius 3 is 2.88 bits per heavy atom. The number of amidine groups is 1. The molecular weight excluding hydrogens is 368 g/mol. The molecule has 0 atom stereocenters. The average Bonchev–Trinajstić information content (AvgIpc) is 2.64. The molecule has 1 N–H and O–H groups in total. The van der Waals surface area contributed by atoms with Crippen LogP contribution in [0.2, 0.25) is 0 Å². The van der Waals surface area contributed by atoms with Gasteiger partial charge in [-0.05, 0) is 12.1 Å². The van der Waals surface area contributed by atoms with E-state index >= 15 is 0 Å². The number of benzene rings is 1. The zero-order chi connectivity index (χ0) is 11.5. The van der Waals surface area contributed by atoms with E-state index in [0.29, 0.717) is 17.3 Å². The molecule has 1 fully saturated rings. The molecule has 0 aliphatic carbocycles. The first-order chi connectivity index (χ1) is 7.66. The number of thioether (sulfide) groups is 1. The highest BCUT2D eigenvalue weighted by Crippen LogP contribution is 2.17. The van der Waals surface area contributed by atoms with Crippen LogP contribution in [0.1, 0.15) is 10.4 Å². The second-order valence-corrected chi connectivity index (χ2v) is 5.51. The number of ketones is 1. The molecule has 1 saturated heterocycles. The summed E-state index contributed by atoms with van der Waals surface area (Å²) in [7, 11) is 0. The Labute approximate surface area is 123 Å². The van der Waals surface area contributed by atoms with Gasteiger partial charge in [-0.25, -0.2) is 0 Å². The monoisotopic (exact) mass is 378 g/mol. The van der Waals surface area contributed by atoms with Gasteiger partial charge in [-0.1, -0.05) is 39.8 Å². The molecule has 1 aromatic rings. The van der Waals surface area contributed by atoms with Crippen molar-refractivity contribution < 1.29 is 4.79 Å². The van der Waals surface area contributed by atoms with Crippen molar-refractivity contribution in [2.45, 2.75) is 0 Å². The lowest BCUT2D eigenvalue weighted by Crippen LogP contribution is -2.30. The molecule has 1 aliphatic rings. The Morgan fingerprint density at radius 1 is 1.53 bits per heavy atom. The zero-order valence-corrected chi connectivity index (χ0v) is 13.1. The van der Waals surface area contributed by atoms with Crippen molar-refractivity contribution in [3.8, 4) is 0 Å². The molecule has 0 aromatic heterocycles. The first-order valence-electron chi connectivity index (χ1n) is 4.92. The maximum atomic E-state index is 11.9. The van der Waals surface area contributed by atoms with Crippen molar-refractivity contribution >= 4 is 55.6 Å². The van der Waals surface area contributed by atoms with Crippen molar-refractivity contribution in [1.29, 1.82) is 5.41 Å². The van der Waals surface area contributed by atoms with E-state index in [0.717, 1.165) is 16.8 Å². The van der Waals surface area contributed by atoms with Gasteiger partial charge in [0.05, 0.1) is 6.54 Å². The number of nitrogens with zero attached hydrogens (tertiary/aromatic N) is 1. The lowest BCUT2D eigenvalue weighted by Gasteiger charge is -2.15. The summed E-state index contributed by atoms with van der Waals surface area (Å²) in [6.07, 6.45) is 0. The zero-order valence-electron chi connectivity index (χ0n) is 8.98. The van der Waals surface area contributed by atoms with Gasteiger partial charge in [-0.3, -0.25) is 10.2 Å². The molecule has 17 heavy (non-hydrogen) atoms. The van der Waals surface area contributed by atoms with Crippen LogP contribution in [0, 0.1) is 5.41 Å². The third kappa shape index (κ3) is 3.82. The van der Waals surface area contributed by atoms with Crippen LogP contribution in [0.15, 0.2) is 28.7 Å². The van der Waals surface area contributed by atoms with Crippen LogP contribution in [0.25, 0.3) is 0 Å². The SMILES string of the molecule is Br.N=C1SCCN1CC(=O)c1cccc(Br)c1. The van der Waals surface area contributed by atoms with Crippen molar-refractivity contribution in [2.75, 3.05) is 18.8 Å². The van der Waals surface area contributed by atoms with Gasteiger partial charge in [0, 0.05) is 22.3 Å². The van der Waals surface area contributed by atoms with Gasteiger partial charge < -0.3 is 4.90 Å². The molecule has 0 amide bonds. The number of nitrogens with one attached hydrogen (secondary N) is 1. The number of Topliss-reactive ketones (excluding diaryl/α,β-unsaturated/α-hetero) is 1. The molecular formula is C11H12Br2N2OS. The lowest BCUT2D eigenvalue weighted by atomic mass is 10.1. The minimum Gasteiger partial charge on any atom is -0.343 e. The van der Waals surface area contributed by atoms with E-state index in [1.165, 1.54) is 11.8 Å². The lowest BCUT2D eigenvalue weighted by molar-refractivity contribution is 0.0966. The molecule has 0 spiro atoms. The number of rotatable bonds is 3. The summed E-state index contributed by atoms with van der Waals surface area (Å²) in [5.74, 6) is 0.971. The van der Waals surface area contributed by atoms with E-state index in [4.69, 9.17) is 5.41 Å². The van der Waals surface area contributed by atoms with Gasteiger partial charge in [0.2, 0.25) is 0 Å². The van der Waals surface area contributed by atoms with Crippen molar-refractivity contribution in [3.63, 3.8) is 0 Å². The smallest absolute Gasteiger partial charge is 0.182 e. The molecule has 3 nitrogen and oxygen atoms in total. The molecule has 0 radical (unpaired) electrons. The highest BCUT2D eigenvalue weighted by Gasteiger charge is 2.20. The Bertz CT molecular complexity index is 439. The van der Waals surface area contributed by atoms with Crippen molar-refractivity contribution in [3.05, 3.63) is 34.3 Å². The fourth-order valence-electron chi connectivity index (χ4n) is 1.52. The maximum absolute atomic E-state index is 11.9. The highest BCUT2D eigenvalue weighted by atomic mass is 79.9. The maximum Gasteiger partial charge on any atom is 0.182 e. The predicted octanol–water partition coefficient (Wildman–Crippen LogP) is 3.19. The van der Waals surface area contributed by atoms with Gasteiger partial charge in [0.25, 0.3) is 0 Å². The fraction of sp³-hybridized carbons (Fsp3) is 0.273. The van der Waals surface area contributed by atoms with Crippen LogP contribution >= 0.6 is 44.7 Å². The fourth-order valence-corrected chi connectivity index (χ4v) is 2.77. The van der Waals surface area contributed by atoms with Gasteiger partial charge in [-0.2, -0.15) is 0 Å². The second-order valence-electron chi connectivity index (χ2n) is 3.51. The first kappa shape index (κ1) is 14.7. The standard InChI is InChI=1S/C11H11BrN2OS.BrH/c12-9-3-1-2-8(6-9)10(15)7-14-4-5-16-11(14)13;/h1-3,6,13H,4-5,7H2;1H. The third-order valence-electron chi connectivity index (χ3n) is 2.37. The summed E-state index contributed by atoms with van der Waals surface area (Å²) in [6, 6.07) is 7.36. The van der Waals surface area contributed by atoms with Crippen LogP contribution < -0.4 is 0 Å². The van der Waals surface area contributed by atoms with Gasteiger partial charge in [0.1, 0.15) is 0 Å². The highest BCUT2D eigenvalue weighted by molar-refractivity contribution is 9.10. The molecule has 0 unspecified atom stereocenters. The Morgan fingerprint density at radius 2 is 2.29 bits per heavy atom. The van der Waals surface area contributed by atoms with Crippen molar-refractivity contribution in [2.24, 2.45) is 0 Å². The molecule has 0 saturated carbocycles. The largest absolute Gasteiger partial charge is 0.343 e. The average molecular weight is 380 g/mol. The molecule has 1 aliphatic heterocycles. The van der Waals surface area contributed by atoms with Crippen LogP contribution in [0.4, 0.5) is 0 Å². The Hall–Kier alpha value is -0.330. The molecule has 2 rings (SSSR count). The molecule has 1 aromatic carbocycles. The van der Waals surface area contributed by atoms with E-state index in [2.05, 4.69) is 15.9 Å². The third-order valence-corrected chi connectivity index (χ3v) is 3.78. The normalized spacial score (nSPS) is 14.6. The number of hydrogen-bond donors (Lipinski definition) is 1. The minimum absolute atomic E-state index is 0. The summed E-state index contributed by atoms with van der Waals surface area (Å²) in [5, 5.41) is 8.13. The minimum atomic E-state index is 0.